The predicted molar refractivity (Wildman–Crippen MR) is 46.6 cm³/mol. The van der Waals surface area contributed by atoms with Gasteiger partial charge in [-0.3, -0.25) is 0 Å². The summed E-state index contributed by atoms with van der Waals surface area (Å²) in [6, 6.07) is 0. The third-order valence-corrected chi connectivity index (χ3v) is 1.63. The summed E-state index contributed by atoms with van der Waals surface area (Å²) >= 11 is 0. The number of hydrogen-bond acceptors (Lipinski definition) is 5. The molecule has 0 bridgehead atoms. The van der Waals surface area contributed by atoms with Crippen molar-refractivity contribution in [1.29, 1.82) is 0 Å². The van der Waals surface area contributed by atoms with Crippen LogP contribution in [-0.2, 0) is 14.2 Å². The SMILES string of the molecule is COCCOCC(O)C(CO)OC. The van der Waals surface area contributed by atoms with E-state index in [-0.39, 0.29) is 13.2 Å². The maximum absolute atomic E-state index is 9.36. The molecule has 0 rings (SSSR count). The number of ether oxygens (including phenoxy) is 3. The van der Waals surface area contributed by atoms with Gasteiger partial charge in [-0.2, -0.15) is 0 Å². The molecule has 0 heterocycles. The highest BCUT2D eigenvalue weighted by Crippen LogP contribution is 1.98. The van der Waals surface area contributed by atoms with Gasteiger partial charge in [0, 0.05) is 14.2 Å². The zero-order chi connectivity index (χ0) is 10.1. The molecular formula is C8H18O5. The van der Waals surface area contributed by atoms with Crippen LogP contribution in [0.2, 0.25) is 0 Å². The standard InChI is InChI=1S/C8H18O5/c1-11-3-4-13-6-7(10)8(5-9)12-2/h7-10H,3-6H2,1-2H3. The molecule has 2 N–H and O–H groups in total. The quantitative estimate of drug-likeness (QED) is 0.486. The van der Waals surface area contributed by atoms with Crippen molar-refractivity contribution >= 4 is 0 Å². The van der Waals surface area contributed by atoms with Crippen LogP contribution in [-0.4, -0.2) is 63.1 Å². The molecule has 0 aliphatic heterocycles. The summed E-state index contributed by atoms with van der Waals surface area (Å²) in [4.78, 5) is 0. The highest BCUT2D eigenvalue weighted by atomic mass is 16.5. The van der Waals surface area contributed by atoms with E-state index >= 15 is 0 Å². The van der Waals surface area contributed by atoms with Crippen molar-refractivity contribution in [2.24, 2.45) is 0 Å². The van der Waals surface area contributed by atoms with Gasteiger partial charge < -0.3 is 24.4 Å². The Balaban J connectivity index is 3.42. The van der Waals surface area contributed by atoms with Crippen molar-refractivity contribution in [1.82, 2.24) is 0 Å². The highest BCUT2D eigenvalue weighted by Gasteiger charge is 2.17. The second-order valence-corrected chi connectivity index (χ2v) is 2.59. The summed E-state index contributed by atoms with van der Waals surface area (Å²) in [5.74, 6) is 0. The molecule has 0 spiro atoms. The lowest BCUT2D eigenvalue weighted by atomic mass is 10.2. The maximum atomic E-state index is 9.36. The molecule has 0 amide bonds. The molecule has 80 valence electrons. The molecule has 0 saturated carbocycles. The van der Waals surface area contributed by atoms with Gasteiger partial charge in [0.05, 0.1) is 26.4 Å². The molecule has 0 aliphatic rings. The lowest BCUT2D eigenvalue weighted by Gasteiger charge is -2.19. The summed E-state index contributed by atoms with van der Waals surface area (Å²) in [5, 5.41) is 18.1. The van der Waals surface area contributed by atoms with E-state index in [4.69, 9.17) is 19.3 Å². The van der Waals surface area contributed by atoms with E-state index in [2.05, 4.69) is 0 Å². The zero-order valence-electron chi connectivity index (χ0n) is 8.10. The molecule has 0 radical (unpaired) electrons. The molecule has 0 aromatic rings. The minimum absolute atomic E-state index is 0.141. The summed E-state index contributed by atoms with van der Waals surface area (Å²) < 4.78 is 14.6. The summed E-state index contributed by atoms with van der Waals surface area (Å²) in [6.07, 6.45) is -1.38. The lowest BCUT2D eigenvalue weighted by molar-refractivity contribution is -0.0785. The highest BCUT2D eigenvalue weighted by molar-refractivity contribution is 4.66. The molecular weight excluding hydrogens is 176 g/mol. The Labute approximate surface area is 78.2 Å². The van der Waals surface area contributed by atoms with E-state index in [1.54, 1.807) is 7.11 Å². The van der Waals surface area contributed by atoms with Gasteiger partial charge in [-0.05, 0) is 0 Å². The molecule has 0 fully saturated rings. The van der Waals surface area contributed by atoms with Crippen LogP contribution in [0.25, 0.3) is 0 Å². The van der Waals surface area contributed by atoms with Crippen LogP contribution in [0.3, 0.4) is 0 Å². The van der Waals surface area contributed by atoms with Crippen LogP contribution < -0.4 is 0 Å². The third kappa shape index (κ3) is 5.95. The van der Waals surface area contributed by atoms with Gasteiger partial charge in [0.25, 0.3) is 0 Å². The normalized spacial score (nSPS) is 15.7. The zero-order valence-corrected chi connectivity index (χ0v) is 8.10. The first-order chi connectivity index (χ1) is 6.26. The van der Waals surface area contributed by atoms with Gasteiger partial charge in [-0.15, -0.1) is 0 Å². The minimum Gasteiger partial charge on any atom is -0.394 e. The molecule has 0 aromatic carbocycles. The fourth-order valence-electron chi connectivity index (χ4n) is 0.807. The third-order valence-electron chi connectivity index (χ3n) is 1.63. The molecule has 2 atom stereocenters. The molecule has 13 heavy (non-hydrogen) atoms. The van der Waals surface area contributed by atoms with Crippen molar-refractivity contribution in [3.63, 3.8) is 0 Å². The van der Waals surface area contributed by atoms with Gasteiger partial charge in [-0.25, -0.2) is 0 Å². The smallest absolute Gasteiger partial charge is 0.108 e. The first-order valence-corrected chi connectivity index (χ1v) is 4.14. The average Bonchev–Trinajstić information content (AvgIpc) is 2.14. The number of hydrogen-bond donors (Lipinski definition) is 2. The second kappa shape index (κ2) is 8.40. The van der Waals surface area contributed by atoms with Gasteiger partial charge in [0.1, 0.15) is 12.2 Å². The van der Waals surface area contributed by atoms with Crippen molar-refractivity contribution in [2.45, 2.75) is 12.2 Å². The Hall–Kier alpha value is -0.200. The van der Waals surface area contributed by atoms with Crippen molar-refractivity contribution in [3.05, 3.63) is 0 Å². The van der Waals surface area contributed by atoms with Crippen LogP contribution in [0.5, 0.6) is 0 Å². The maximum Gasteiger partial charge on any atom is 0.108 e. The van der Waals surface area contributed by atoms with Gasteiger partial charge in [-0.1, -0.05) is 0 Å². The first kappa shape index (κ1) is 12.8. The Morgan fingerprint density at radius 2 is 1.92 bits per heavy atom. The fraction of sp³-hybridized carbons (Fsp3) is 1.00. The van der Waals surface area contributed by atoms with Crippen molar-refractivity contribution in [2.75, 3.05) is 40.6 Å². The van der Waals surface area contributed by atoms with E-state index in [1.165, 1.54) is 7.11 Å². The molecule has 2 unspecified atom stereocenters. The van der Waals surface area contributed by atoms with Crippen LogP contribution in [0.1, 0.15) is 0 Å². The molecule has 5 heteroatoms. The summed E-state index contributed by atoms with van der Waals surface area (Å²) in [5.41, 5.74) is 0. The monoisotopic (exact) mass is 194 g/mol. The van der Waals surface area contributed by atoms with Gasteiger partial charge in [0.2, 0.25) is 0 Å². The van der Waals surface area contributed by atoms with Crippen LogP contribution >= 0.6 is 0 Å². The molecule has 0 aromatic heterocycles. The minimum atomic E-state index is -0.799. The number of rotatable bonds is 8. The molecule has 5 nitrogen and oxygen atoms in total. The largest absolute Gasteiger partial charge is 0.394 e. The Morgan fingerprint density at radius 3 is 2.38 bits per heavy atom. The Morgan fingerprint density at radius 1 is 1.23 bits per heavy atom. The Kier molecular flexibility index (Phi) is 8.27. The van der Waals surface area contributed by atoms with Crippen LogP contribution in [0.4, 0.5) is 0 Å². The number of methoxy groups -OCH3 is 2. The first-order valence-electron chi connectivity index (χ1n) is 4.14. The van der Waals surface area contributed by atoms with E-state index in [0.29, 0.717) is 13.2 Å². The van der Waals surface area contributed by atoms with Crippen molar-refractivity contribution < 1.29 is 24.4 Å². The Bertz CT molecular complexity index is 105. The molecule has 0 aliphatic carbocycles. The van der Waals surface area contributed by atoms with Crippen LogP contribution in [0, 0.1) is 0 Å². The van der Waals surface area contributed by atoms with Crippen molar-refractivity contribution in [3.8, 4) is 0 Å². The van der Waals surface area contributed by atoms with Crippen LogP contribution in [0.15, 0.2) is 0 Å². The predicted octanol–water partition coefficient (Wildman–Crippen LogP) is -0.982. The second-order valence-electron chi connectivity index (χ2n) is 2.59. The van der Waals surface area contributed by atoms with E-state index in [1.807, 2.05) is 0 Å². The van der Waals surface area contributed by atoms with E-state index in [0.717, 1.165) is 0 Å². The number of aliphatic hydroxyl groups excluding tert-OH is 2. The van der Waals surface area contributed by atoms with E-state index in [9.17, 15) is 5.11 Å². The van der Waals surface area contributed by atoms with Gasteiger partial charge >= 0.3 is 0 Å². The van der Waals surface area contributed by atoms with E-state index < -0.39 is 12.2 Å². The summed E-state index contributed by atoms with van der Waals surface area (Å²) in [6.45, 7) is 0.840. The summed E-state index contributed by atoms with van der Waals surface area (Å²) in [7, 11) is 3.00. The van der Waals surface area contributed by atoms with Gasteiger partial charge in [0.15, 0.2) is 0 Å². The average molecular weight is 194 g/mol. The fourth-order valence-corrected chi connectivity index (χ4v) is 0.807. The number of aliphatic hydroxyl groups is 2. The molecule has 0 saturated heterocycles. The topological polar surface area (TPSA) is 68.2 Å². The lowest BCUT2D eigenvalue weighted by Crippen LogP contribution is -2.35.